The molecule has 1 unspecified atom stereocenters. The lowest BCUT2D eigenvalue weighted by Crippen LogP contribution is -2.36. The van der Waals surface area contributed by atoms with E-state index in [1.54, 1.807) is 33.4 Å². The maximum atomic E-state index is 13.1. The molecular weight excluding hydrogens is 368 g/mol. The minimum absolute atomic E-state index is 0.117. The zero-order valence-corrected chi connectivity index (χ0v) is 17.3. The maximum absolute atomic E-state index is 13.1. The summed E-state index contributed by atoms with van der Waals surface area (Å²) in [7, 11) is 1.65. The number of pyridine rings is 1. The van der Waals surface area contributed by atoms with E-state index in [9.17, 15) is 9.90 Å². The third kappa shape index (κ3) is 4.00. The highest BCUT2D eigenvalue weighted by atomic mass is 16.5. The number of ketones is 1. The minimum Gasteiger partial charge on any atom is -0.495 e. The Morgan fingerprint density at radius 3 is 2.69 bits per heavy atom. The summed E-state index contributed by atoms with van der Waals surface area (Å²) in [5.41, 5.74) is 3.65. The second-order valence-electron chi connectivity index (χ2n) is 8.39. The molecule has 1 aromatic carbocycles. The molecule has 6 heteroatoms. The van der Waals surface area contributed by atoms with Gasteiger partial charge in [0.15, 0.2) is 5.78 Å². The van der Waals surface area contributed by atoms with Gasteiger partial charge < -0.3 is 19.5 Å². The molecule has 29 heavy (non-hydrogen) atoms. The summed E-state index contributed by atoms with van der Waals surface area (Å²) in [6, 6.07) is 5.96. The van der Waals surface area contributed by atoms with E-state index in [0.29, 0.717) is 26.1 Å². The van der Waals surface area contributed by atoms with E-state index in [1.165, 1.54) is 0 Å². The number of anilines is 1. The quantitative estimate of drug-likeness (QED) is 0.838. The Kier molecular flexibility index (Phi) is 5.32. The molecule has 154 valence electrons. The number of carbonyl (C=O) groups excluding carboxylic acids is 1. The van der Waals surface area contributed by atoms with Crippen LogP contribution in [0.1, 0.15) is 40.9 Å². The zero-order valence-electron chi connectivity index (χ0n) is 17.3. The molecule has 6 nitrogen and oxygen atoms in total. The van der Waals surface area contributed by atoms with Gasteiger partial charge in [0.1, 0.15) is 5.75 Å². The highest BCUT2D eigenvalue weighted by Gasteiger charge is 2.33. The van der Waals surface area contributed by atoms with Gasteiger partial charge in [0, 0.05) is 42.5 Å². The van der Waals surface area contributed by atoms with Gasteiger partial charge in [-0.3, -0.25) is 9.78 Å². The first kappa shape index (κ1) is 19.9. The van der Waals surface area contributed by atoms with Crippen LogP contribution in [0, 0.1) is 5.92 Å². The largest absolute Gasteiger partial charge is 0.495 e. The molecule has 1 N–H and O–H groups in total. The van der Waals surface area contributed by atoms with Gasteiger partial charge >= 0.3 is 0 Å². The third-order valence-electron chi connectivity index (χ3n) is 5.84. The Bertz CT molecular complexity index is 914. The molecule has 2 aliphatic rings. The summed E-state index contributed by atoms with van der Waals surface area (Å²) < 4.78 is 11.1. The van der Waals surface area contributed by atoms with Crippen molar-refractivity contribution < 1.29 is 19.4 Å². The van der Waals surface area contributed by atoms with Crippen LogP contribution >= 0.6 is 0 Å². The van der Waals surface area contributed by atoms with Crippen molar-refractivity contribution in [3.8, 4) is 5.75 Å². The number of Topliss-reactive ketones (excluding diaryl/α,β-unsaturated/α-hetero) is 1. The third-order valence-corrected chi connectivity index (χ3v) is 5.84. The standard InChI is InChI=1S/C23H28N2O4/c1-23(2,27)18-9-15(13-24-14-18)8-17-10-16-11-20(25-4-6-29-7-5-25)21(28-3)12-19(16)22(17)26/h9,11-14,17,27H,4-8,10H2,1-3H3. The van der Waals surface area contributed by atoms with Gasteiger partial charge in [0.25, 0.3) is 0 Å². The van der Waals surface area contributed by atoms with Crippen LogP contribution in [-0.2, 0) is 23.2 Å². The van der Waals surface area contributed by atoms with Crippen molar-refractivity contribution in [2.75, 3.05) is 38.3 Å². The first-order valence-corrected chi connectivity index (χ1v) is 10.1. The SMILES string of the molecule is COc1cc2c(cc1N1CCOCC1)CC(Cc1cncc(C(C)(C)O)c1)C2=O. The molecule has 0 spiro atoms. The Hall–Kier alpha value is -2.44. The molecule has 0 radical (unpaired) electrons. The molecule has 0 amide bonds. The summed E-state index contributed by atoms with van der Waals surface area (Å²) in [5.74, 6) is 0.777. The smallest absolute Gasteiger partial charge is 0.167 e. The van der Waals surface area contributed by atoms with E-state index in [0.717, 1.165) is 46.8 Å². The van der Waals surface area contributed by atoms with Gasteiger partial charge in [-0.25, -0.2) is 0 Å². The number of hydrogen-bond donors (Lipinski definition) is 1. The highest BCUT2D eigenvalue weighted by molar-refractivity contribution is 6.03. The van der Waals surface area contributed by atoms with Crippen LogP contribution < -0.4 is 9.64 Å². The van der Waals surface area contributed by atoms with Crippen molar-refractivity contribution in [3.05, 3.63) is 52.8 Å². The summed E-state index contributed by atoms with van der Waals surface area (Å²) >= 11 is 0. The lowest BCUT2D eigenvalue weighted by Gasteiger charge is -2.30. The van der Waals surface area contributed by atoms with E-state index >= 15 is 0 Å². The van der Waals surface area contributed by atoms with Crippen LogP contribution in [0.15, 0.2) is 30.6 Å². The molecule has 2 heterocycles. The van der Waals surface area contributed by atoms with Crippen molar-refractivity contribution in [2.45, 2.75) is 32.3 Å². The molecule has 1 aliphatic carbocycles. The molecule has 0 saturated carbocycles. The fraction of sp³-hybridized carbons (Fsp3) is 0.478. The Labute approximate surface area is 171 Å². The molecule has 1 fully saturated rings. The van der Waals surface area contributed by atoms with Crippen molar-refractivity contribution in [2.24, 2.45) is 5.92 Å². The Morgan fingerprint density at radius 2 is 2.00 bits per heavy atom. The second-order valence-corrected chi connectivity index (χ2v) is 8.39. The number of carbonyl (C=O) groups is 1. The van der Waals surface area contributed by atoms with Crippen molar-refractivity contribution in [3.63, 3.8) is 0 Å². The highest BCUT2D eigenvalue weighted by Crippen LogP contribution is 2.38. The summed E-state index contributed by atoms with van der Waals surface area (Å²) in [5, 5.41) is 10.2. The molecule has 1 aliphatic heterocycles. The van der Waals surface area contributed by atoms with E-state index < -0.39 is 5.60 Å². The number of hydrogen-bond acceptors (Lipinski definition) is 6. The number of aromatic nitrogens is 1. The normalized spacial score (nSPS) is 19.4. The van der Waals surface area contributed by atoms with E-state index in [1.807, 2.05) is 12.1 Å². The molecule has 2 aromatic rings. The van der Waals surface area contributed by atoms with Gasteiger partial charge in [0.05, 0.1) is 31.6 Å². The van der Waals surface area contributed by atoms with Crippen molar-refractivity contribution in [1.29, 1.82) is 0 Å². The Balaban J connectivity index is 1.58. The first-order valence-electron chi connectivity index (χ1n) is 10.1. The lowest BCUT2D eigenvalue weighted by molar-refractivity contribution is 0.0781. The van der Waals surface area contributed by atoms with Crippen LogP contribution in [-0.4, -0.2) is 49.3 Å². The average molecular weight is 396 g/mol. The topological polar surface area (TPSA) is 71.9 Å². The summed E-state index contributed by atoms with van der Waals surface area (Å²) in [4.78, 5) is 19.6. The van der Waals surface area contributed by atoms with Crippen LogP contribution in [0.5, 0.6) is 5.75 Å². The molecule has 1 aromatic heterocycles. The number of rotatable bonds is 5. The van der Waals surface area contributed by atoms with E-state index in [-0.39, 0.29) is 11.7 Å². The Morgan fingerprint density at radius 1 is 1.24 bits per heavy atom. The predicted molar refractivity (Wildman–Crippen MR) is 111 cm³/mol. The number of morpholine rings is 1. The molecule has 1 saturated heterocycles. The van der Waals surface area contributed by atoms with Crippen LogP contribution in [0.25, 0.3) is 0 Å². The number of methoxy groups -OCH3 is 1. The second kappa shape index (κ2) is 7.76. The van der Waals surface area contributed by atoms with Crippen LogP contribution in [0.4, 0.5) is 5.69 Å². The van der Waals surface area contributed by atoms with Gasteiger partial charge in [-0.05, 0) is 56.0 Å². The summed E-state index contributed by atoms with van der Waals surface area (Å²) in [6.07, 6.45) is 4.78. The monoisotopic (exact) mass is 396 g/mol. The summed E-state index contributed by atoms with van der Waals surface area (Å²) in [6.45, 7) is 6.52. The van der Waals surface area contributed by atoms with Gasteiger partial charge in [-0.1, -0.05) is 0 Å². The number of aliphatic hydroxyl groups is 1. The van der Waals surface area contributed by atoms with Crippen molar-refractivity contribution in [1.82, 2.24) is 4.98 Å². The van der Waals surface area contributed by atoms with Gasteiger partial charge in [0.2, 0.25) is 0 Å². The maximum Gasteiger partial charge on any atom is 0.167 e. The number of nitrogens with zero attached hydrogens (tertiary/aromatic N) is 2. The van der Waals surface area contributed by atoms with Gasteiger partial charge in [-0.15, -0.1) is 0 Å². The molecular formula is C23H28N2O4. The van der Waals surface area contributed by atoms with Crippen molar-refractivity contribution >= 4 is 11.5 Å². The first-order chi connectivity index (χ1) is 13.9. The lowest BCUT2D eigenvalue weighted by atomic mass is 9.93. The molecule has 0 bridgehead atoms. The van der Waals surface area contributed by atoms with Crippen LogP contribution in [0.3, 0.4) is 0 Å². The molecule has 1 atom stereocenters. The number of ether oxygens (including phenoxy) is 2. The predicted octanol–water partition coefficient (Wildman–Crippen LogP) is 2.75. The van der Waals surface area contributed by atoms with Crippen LogP contribution in [0.2, 0.25) is 0 Å². The number of fused-ring (bicyclic) bond motifs is 1. The van der Waals surface area contributed by atoms with E-state index in [2.05, 4.69) is 16.0 Å². The number of benzene rings is 1. The minimum atomic E-state index is -0.952. The van der Waals surface area contributed by atoms with Gasteiger partial charge in [-0.2, -0.15) is 0 Å². The van der Waals surface area contributed by atoms with E-state index in [4.69, 9.17) is 9.47 Å². The average Bonchev–Trinajstić information content (AvgIpc) is 3.02. The fourth-order valence-electron chi connectivity index (χ4n) is 4.19. The molecule has 4 rings (SSSR count). The zero-order chi connectivity index (χ0) is 20.6. The fourth-order valence-corrected chi connectivity index (χ4v) is 4.19.